The Morgan fingerprint density at radius 1 is 1.00 bits per heavy atom. The molecule has 2 rings (SSSR count). The summed E-state index contributed by atoms with van der Waals surface area (Å²) in [6, 6.07) is 14.1. The minimum Gasteiger partial charge on any atom is -0.493 e. The molecule has 0 fully saturated rings. The van der Waals surface area contributed by atoms with Crippen molar-refractivity contribution in [2.45, 2.75) is 18.7 Å². The van der Waals surface area contributed by atoms with Gasteiger partial charge in [-0.15, -0.1) is 11.6 Å². The Labute approximate surface area is 125 Å². The first kappa shape index (κ1) is 14.7. The van der Waals surface area contributed by atoms with Crippen LogP contribution in [0, 0.1) is 6.92 Å². The zero-order valence-corrected chi connectivity index (χ0v) is 12.8. The first-order valence-corrected chi connectivity index (χ1v) is 7.00. The van der Waals surface area contributed by atoms with Gasteiger partial charge in [0.25, 0.3) is 0 Å². The van der Waals surface area contributed by atoms with Crippen LogP contribution in [0.2, 0.25) is 0 Å². The van der Waals surface area contributed by atoms with Gasteiger partial charge in [-0.3, -0.25) is 0 Å². The fraction of sp³-hybridized carbons (Fsp3) is 0.294. The van der Waals surface area contributed by atoms with Crippen LogP contribution in [-0.2, 0) is 6.42 Å². The molecule has 0 amide bonds. The highest BCUT2D eigenvalue weighted by Gasteiger charge is 2.13. The molecule has 0 heterocycles. The average molecular weight is 291 g/mol. The van der Waals surface area contributed by atoms with Gasteiger partial charge in [0.15, 0.2) is 11.5 Å². The molecule has 0 aliphatic heterocycles. The molecule has 0 saturated carbocycles. The Kier molecular flexibility index (Phi) is 4.91. The molecule has 2 aromatic rings. The molecule has 0 aliphatic carbocycles. The second kappa shape index (κ2) is 6.67. The molecule has 0 radical (unpaired) electrons. The van der Waals surface area contributed by atoms with E-state index in [-0.39, 0.29) is 5.38 Å². The number of halogens is 1. The fourth-order valence-corrected chi connectivity index (χ4v) is 2.50. The van der Waals surface area contributed by atoms with Gasteiger partial charge in [-0.05, 0) is 42.2 Å². The quantitative estimate of drug-likeness (QED) is 0.753. The number of hydrogen-bond donors (Lipinski definition) is 0. The molecule has 20 heavy (non-hydrogen) atoms. The fourth-order valence-electron chi connectivity index (χ4n) is 2.20. The van der Waals surface area contributed by atoms with Crippen LogP contribution in [0.4, 0.5) is 0 Å². The summed E-state index contributed by atoms with van der Waals surface area (Å²) in [6.07, 6.45) is 0.795. The second-order valence-corrected chi connectivity index (χ2v) is 5.24. The van der Waals surface area contributed by atoms with Crippen molar-refractivity contribution in [1.29, 1.82) is 0 Å². The zero-order chi connectivity index (χ0) is 14.5. The van der Waals surface area contributed by atoms with Crippen molar-refractivity contribution in [3.8, 4) is 11.5 Å². The van der Waals surface area contributed by atoms with Crippen LogP contribution in [0.5, 0.6) is 11.5 Å². The SMILES string of the molecule is COc1ccc(C(Cl)Cc2ccccc2C)cc1OC. The minimum absolute atomic E-state index is 0.0871. The van der Waals surface area contributed by atoms with Gasteiger partial charge < -0.3 is 9.47 Å². The van der Waals surface area contributed by atoms with Crippen LogP contribution in [0.25, 0.3) is 0 Å². The summed E-state index contributed by atoms with van der Waals surface area (Å²) in [6.45, 7) is 2.10. The third-order valence-electron chi connectivity index (χ3n) is 3.43. The van der Waals surface area contributed by atoms with Crippen molar-refractivity contribution in [1.82, 2.24) is 0 Å². The van der Waals surface area contributed by atoms with Crippen molar-refractivity contribution >= 4 is 11.6 Å². The van der Waals surface area contributed by atoms with E-state index in [0.29, 0.717) is 5.75 Å². The van der Waals surface area contributed by atoms with E-state index in [2.05, 4.69) is 19.1 Å². The highest BCUT2D eigenvalue weighted by molar-refractivity contribution is 6.21. The van der Waals surface area contributed by atoms with Crippen LogP contribution in [-0.4, -0.2) is 14.2 Å². The maximum Gasteiger partial charge on any atom is 0.161 e. The highest BCUT2D eigenvalue weighted by Crippen LogP contribution is 2.33. The van der Waals surface area contributed by atoms with E-state index in [1.54, 1.807) is 14.2 Å². The van der Waals surface area contributed by atoms with Crippen LogP contribution >= 0.6 is 11.6 Å². The van der Waals surface area contributed by atoms with Gasteiger partial charge in [0.05, 0.1) is 19.6 Å². The summed E-state index contributed by atoms with van der Waals surface area (Å²) in [4.78, 5) is 0. The van der Waals surface area contributed by atoms with E-state index in [9.17, 15) is 0 Å². The number of rotatable bonds is 5. The van der Waals surface area contributed by atoms with Gasteiger partial charge in [-0.2, -0.15) is 0 Å². The third kappa shape index (κ3) is 3.26. The van der Waals surface area contributed by atoms with Crippen molar-refractivity contribution in [3.05, 3.63) is 59.2 Å². The highest BCUT2D eigenvalue weighted by atomic mass is 35.5. The van der Waals surface area contributed by atoms with E-state index in [0.717, 1.165) is 17.7 Å². The predicted molar refractivity (Wildman–Crippen MR) is 83.0 cm³/mol. The average Bonchev–Trinajstić information content (AvgIpc) is 2.48. The summed E-state index contributed by atoms with van der Waals surface area (Å²) in [5.41, 5.74) is 3.56. The van der Waals surface area contributed by atoms with Crippen molar-refractivity contribution < 1.29 is 9.47 Å². The van der Waals surface area contributed by atoms with E-state index < -0.39 is 0 Å². The molecule has 2 nitrogen and oxygen atoms in total. The van der Waals surface area contributed by atoms with Crippen LogP contribution in [0.15, 0.2) is 42.5 Å². The zero-order valence-electron chi connectivity index (χ0n) is 12.0. The standard InChI is InChI=1S/C17H19ClO2/c1-12-6-4-5-7-13(12)10-15(18)14-8-9-16(19-2)17(11-14)20-3/h4-9,11,15H,10H2,1-3H3. The Hall–Kier alpha value is -1.67. The summed E-state index contributed by atoms with van der Waals surface area (Å²) in [7, 11) is 3.26. The van der Waals surface area contributed by atoms with Crippen molar-refractivity contribution in [2.24, 2.45) is 0 Å². The van der Waals surface area contributed by atoms with Gasteiger partial charge in [0, 0.05) is 0 Å². The van der Waals surface area contributed by atoms with E-state index in [1.807, 2.05) is 30.3 Å². The van der Waals surface area contributed by atoms with Gasteiger partial charge in [-0.25, -0.2) is 0 Å². The van der Waals surface area contributed by atoms with Crippen LogP contribution in [0.3, 0.4) is 0 Å². The van der Waals surface area contributed by atoms with Crippen LogP contribution in [0.1, 0.15) is 22.1 Å². The second-order valence-electron chi connectivity index (χ2n) is 4.71. The largest absolute Gasteiger partial charge is 0.493 e. The topological polar surface area (TPSA) is 18.5 Å². The molecular formula is C17H19ClO2. The number of methoxy groups -OCH3 is 2. The smallest absolute Gasteiger partial charge is 0.161 e. The van der Waals surface area contributed by atoms with Gasteiger partial charge >= 0.3 is 0 Å². The molecule has 1 unspecified atom stereocenters. The van der Waals surface area contributed by atoms with Gasteiger partial charge in [0.1, 0.15) is 0 Å². The number of alkyl halides is 1. The summed E-state index contributed by atoms with van der Waals surface area (Å²) < 4.78 is 10.6. The molecule has 0 saturated heterocycles. The molecule has 106 valence electrons. The molecule has 0 spiro atoms. The lowest BCUT2D eigenvalue weighted by Gasteiger charge is -2.14. The monoisotopic (exact) mass is 290 g/mol. The maximum atomic E-state index is 6.54. The van der Waals surface area contributed by atoms with E-state index in [1.165, 1.54) is 11.1 Å². The molecule has 2 aromatic carbocycles. The lowest BCUT2D eigenvalue weighted by molar-refractivity contribution is 0.354. The number of benzene rings is 2. The Bertz CT molecular complexity index is 581. The molecule has 0 aromatic heterocycles. The molecule has 0 N–H and O–H groups in total. The molecule has 0 aliphatic rings. The van der Waals surface area contributed by atoms with E-state index in [4.69, 9.17) is 21.1 Å². The summed E-state index contributed by atoms with van der Waals surface area (Å²) in [5, 5.41) is -0.0871. The first-order chi connectivity index (χ1) is 9.65. The van der Waals surface area contributed by atoms with Gasteiger partial charge in [-0.1, -0.05) is 30.3 Å². The predicted octanol–water partition coefficient (Wildman–Crippen LogP) is 4.53. The number of hydrogen-bond acceptors (Lipinski definition) is 2. The van der Waals surface area contributed by atoms with Crippen LogP contribution < -0.4 is 9.47 Å². The van der Waals surface area contributed by atoms with Gasteiger partial charge in [0.2, 0.25) is 0 Å². The molecule has 0 bridgehead atoms. The maximum absolute atomic E-state index is 6.54. The van der Waals surface area contributed by atoms with Crippen molar-refractivity contribution in [2.75, 3.05) is 14.2 Å². The minimum atomic E-state index is -0.0871. The third-order valence-corrected chi connectivity index (χ3v) is 3.84. The molecule has 3 heteroatoms. The van der Waals surface area contributed by atoms with Crippen molar-refractivity contribution in [3.63, 3.8) is 0 Å². The summed E-state index contributed by atoms with van der Waals surface area (Å²) in [5.74, 6) is 1.43. The normalized spacial score (nSPS) is 12.0. The Balaban J connectivity index is 2.21. The lowest BCUT2D eigenvalue weighted by atomic mass is 10.00. The molecular weight excluding hydrogens is 272 g/mol. The summed E-state index contributed by atoms with van der Waals surface area (Å²) >= 11 is 6.54. The first-order valence-electron chi connectivity index (χ1n) is 6.56. The van der Waals surface area contributed by atoms with E-state index >= 15 is 0 Å². The Morgan fingerprint density at radius 2 is 1.70 bits per heavy atom. The molecule has 1 atom stereocenters. The number of ether oxygens (including phenoxy) is 2. The Morgan fingerprint density at radius 3 is 2.35 bits per heavy atom. The lowest BCUT2D eigenvalue weighted by Crippen LogP contribution is -1.99. The number of aryl methyl sites for hydroxylation is 1.